The fraction of sp³-hybridized carbons (Fsp3) is 0.500. The zero-order chi connectivity index (χ0) is 10.8. The zero-order valence-corrected chi connectivity index (χ0v) is 9.07. The Balaban J connectivity index is 2.20. The van der Waals surface area contributed by atoms with Gasteiger partial charge in [-0.25, -0.2) is 0 Å². The summed E-state index contributed by atoms with van der Waals surface area (Å²) in [6, 6.07) is 5.90. The minimum Gasteiger partial charge on any atom is -0.397 e. The van der Waals surface area contributed by atoms with Gasteiger partial charge >= 0.3 is 0 Å². The Kier molecular flexibility index (Phi) is 2.82. The molecule has 15 heavy (non-hydrogen) atoms. The summed E-state index contributed by atoms with van der Waals surface area (Å²) >= 11 is 0. The van der Waals surface area contributed by atoms with Gasteiger partial charge in [0.15, 0.2) is 0 Å². The highest BCUT2D eigenvalue weighted by Crippen LogP contribution is 2.39. The lowest BCUT2D eigenvalue weighted by Crippen LogP contribution is -2.06. The van der Waals surface area contributed by atoms with Gasteiger partial charge in [0, 0.05) is 7.11 Å². The molecule has 0 radical (unpaired) electrons. The van der Waals surface area contributed by atoms with E-state index in [1.807, 2.05) is 12.1 Å². The summed E-state index contributed by atoms with van der Waals surface area (Å²) in [4.78, 5) is 0. The number of hydrogen-bond acceptors (Lipinski definition) is 3. The summed E-state index contributed by atoms with van der Waals surface area (Å²) in [6.45, 7) is 0. The van der Waals surface area contributed by atoms with E-state index in [2.05, 4.69) is 6.07 Å². The molecule has 82 valence electrons. The summed E-state index contributed by atoms with van der Waals surface area (Å²) in [6.07, 6.45) is 3.71. The van der Waals surface area contributed by atoms with Gasteiger partial charge in [0.25, 0.3) is 0 Å². The van der Waals surface area contributed by atoms with E-state index in [1.54, 1.807) is 7.11 Å². The molecule has 0 unspecified atom stereocenters. The van der Waals surface area contributed by atoms with Gasteiger partial charge in [-0.1, -0.05) is 12.1 Å². The van der Waals surface area contributed by atoms with Gasteiger partial charge in [0.1, 0.15) is 0 Å². The highest BCUT2D eigenvalue weighted by Gasteiger charge is 2.27. The Morgan fingerprint density at radius 2 is 2.07 bits per heavy atom. The van der Waals surface area contributed by atoms with Crippen LogP contribution in [0.25, 0.3) is 0 Å². The highest BCUT2D eigenvalue weighted by atomic mass is 16.5. The average Bonchev–Trinajstić information content (AvgIpc) is 2.70. The predicted octanol–water partition coefficient (Wildman–Crippen LogP) is 2.13. The van der Waals surface area contributed by atoms with Crippen LogP contribution in [0.15, 0.2) is 18.2 Å². The van der Waals surface area contributed by atoms with Crippen molar-refractivity contribution in [2.45, 2.75) is 31.3 Å². The monoisotopic (exact) mass is 206 g/mol. The van der Waals surface area contributed by atoms with Crippen LogP contribution in [0.3, 0.4) is 0 Å². The van der Waals surface area contributed by atoms with Crippen molar-refractivity contribution in [1.29, 1.82) is 0 Å². The maximum atomic E-state index is 5.98. The lowest BCUT2D eigenvalue weighted by atomic mass is 9.95. The SMILES string of the molecule is CO[C@@H]1CC[C@@H](c2cccc(N)c2N)C1. The molecule has 4 N–H and O–H groups in total. The molecule has 0 amide bonds. The summed E-state index contributed by atoms with van der Waals surface area (Å²) in [7, 11) is 1.77. The van der Waals surface area contributed by atoms with Crippen molar-refractivity contribution in [2.24, 2.45) is 0 Å². The quantitative estimate of drug-likeness (QED) is 0.729. The van der Waals surface area contributed by atoms with Crippen LogP contribution in [0.5, 0.6) is 0 Å². The highest BCUT2D eigenvalue weighted by molar-refractivity contribution is 5.68. The number of anilines is 2. The Bertz CT molecular complexity index is 351. The van der Waals surface area contributed by atoms with Gasteiger partial charge in [0.05, 0.1) is 17.5 Å². The summed E-state index contributed by atoms with van der Waals surface area (Å²) in [5, 5.41) is 0. The summed E-state index contributed by atoms with van der Waals surface area (Å²) in [5.41, 5.74) is 14.4. The van der Waals surface area contributed by atoms with Gasteiger partial charge in [-0.05, 0) is 36.8 Å². The smallest absolute Gasteiger partial charge is 0.0583 e. The number of nitrogens with two attached hydrogens (primary N) is 2. The second kappa shape index (κ2) is 4.11. The van der Waals surface area contributed by atoms with Crippen LogP contribution in [0.4, 0.5) is 11.4 Å². The van der Waals surface area contributed by atoms with Crippen LogP contribution in [-0.2, 0) is 4.74 Å². The third-order valence-electron chi connectivity index (χ3n) is 3.33. The van der Waals surface area contributed by atoms with E-state index in [4.69, 9.17) is 16.2 Å². The average molecular weight is 206 g/mol. The van der Waals surface area contributed by atoms with Crippen molar-refractivity contribution >= 4 is 11.4 Å². The van der Waals surface area contributed by atoms with E-state index in [0.29, 0.717) is 17.7 Å². The molecule has 1 saturated carbocycles. The molecule has 1 fully saturated rings. The van der Waals surface area contributed by atoms with Crippen LogP contribution in [0.1, 0.15) is 30.7 Å². The standard InChI is InChI=1S/C12H18N2O/c1-15-9-6-5-8(7-9)10-3-2-4-11(13)12(10)14/h2-4,8-9H,5-7,13-14H2,1H3/t8-,9-/m1/s1. The molecule has 1 aromatic rings. The Morgan fingerprint density at radius 3 is 2.73 bits per heavy atom. The van der Waals surface area contributed by atoms with Crippen LogP contribution in [0, 0.1) is 0 Å². The number of ether oxygens (including phenoxy) is 1. The van der Waals surface area contributed by atoms with E-state index in [0.717, 1.165) is 24.9 Å². The van der Waals surface area contributed by atoms with E-state index in [-0.39, 0.29) is 0 Å². The number of para-hydroxylation sites is 1. The second-order valence-electron chi connectivity index (χ2n) is 4.22. The third kappa shape index (κ3) is 1.92. The van der Waals surface area contributed by atoms with E-state index >= 15 is 0 Å². The molecular weight excluding hydrogens is 188 g/mol. The molecule has 0 aromatic heterocycles. The lowest BCUT2D eigenvalue weighted by molar-refractivity contribution is 0.108. The lowest BCUT2D eigenvalue weighted by Gasteiger charge is -2.14. The van der Waals surface area contributed by atoms with Crippen LogP contribution in [-0.4, -0.2) is 13.2 Å². The first-order chi connectivity index (χ1) is 7.22. The topological polar surface area (TPSA) is 61.3 Å². The molecule has 1 aromatic carbocycles. The fourth-order valence-electron chi connectivity index (χ4n) is 2.39. The number of benzene rings is 1. The molecule has 0 heterocycles. The molecule has 1 aliphatic carbocycles. The third-order valence-corrected chi connectivity index (χ3v) is 3.33. The first kappa shape index (κ1) is 10.3. The first-order valence-electron chi connectivity index (χ1n) is 5.39. The van der Waals surface area contributed by atoms with Crippen molar-refractivity contribution in [1.82, 2.24) is 0 Å². The molecule has 3 heteroatoms. The molecule has 0 aliphatic heterocycles. The van der Waals surface area contributed by atoms with Crippen LogP contribution in [0.2, 0.25) is 0 Å². The maximum absolute atomic E-state index is 5.98. The predicted molar refractivity (Wildman–Crippen MR) is 62.7 cm³/mol. The molecular formula is C12H18N2O. The van der Waals surface area contributed by atoms with Gasteiger partial charge in [-0.15, -0.1) is 0 Å². The number of methoxy groups -OCH3 is 1. The number of nitrogen functional groups attached to an aromatic ring is 2. The molecule has 0 spiro atoms. The minimum atomic E-state index is 0.385. The molecule has 0 saturated heterocycles. The van der Waals surface area contributed by atoms with E-state index < -0.39 is 0 Å². The maximum Gasteiger partial charge on any atom is 0.0583 e. The molecule has 3 nitrogen and oxygen atoms in total. The Hall–Kier alpha value is -1.22. The van der Waals surface area contributed by atoms with Crippen molar-refractivity contribution in [3.05, 3.63) is 23.8 Å². The normalized spacial score (nSPS) is 25.7. The van der Waals surface area contributed by atoms with Crippen molar-refractivity contribution < 1.29 is 4.74 Å². The zero-order valence-electron chi connectivity index (χ0n) is 9.07. The summed E-state index contributed by atoms with van der Waals surface area (Å²) in [5.74, 6) is 0.512. The van der Waals surface area contributed by atoms with Crippen LogP contribution >= 0.6 is 0 Å². The van der Waals surface area contributed by atoms with Crippen molar-refractivity contribution in [3.63, 3.8) is 0 Å². The molecule has 1 aliphatic rings. The van der Waals surface area contributed by atoms with E-state index in [1.165, 1.54) is 5.56 Å². The number of hydrogen-bond donors (Lipinski definition) is 2. The molecule has 2 atom stereocenters. The van der Waals surface area contributed by atoms with E-state index in [9.17, 15) is 0 Å². The van der Waals surface area contributed by atoms with Gasteiger partial charge in [-0.3, -0.25) is 0 Å². The van der Waals surface area contributed by atoms with Crippen molar-refractivity contribution in [2.75, 3.05) is 18.6 Å². The van der Waals surface area contributed by atoms with Crippen LogP contribution < -0.4 is 11.5 Å². The largest absolute Gasteiger partial charge is 0.397 e. The Labute approximate surface area is 90.4 Å². The first-order valence-corrected chi connectivity index (χ1v) is 5.39. The Morgan fingerprint density at radius 1 is 1.27 bits per heavy atom. The fourth-order valence-corrected chi connectivity index (χ4v) is 2.39. The second-order valence-corrected chi connectivity index (χ2v) is 4.22. The minimum absolute atomic E-state index is 0.385. The number of rotatable bonds is 2. The van der Waals surface area contributed by atoms with Gasteiger partial charge < -0.3 is 16.2 Å². The van der Waals surface area contributed by atoms with Crippen molar-refractivity contribution in [3.8, 4) is 0 Å². The summed E-state index contributed by atoms with van der Waals surface area (Å²) < 4.78 is 5.36. The molecule has 2 rings (SSSR count). The molecule has 0 bridgehead atoms. The van der Waals surface area contributed by atoms with Gasteiger partial charge in [0.2, 0.25) is 0 Å². The van der Waals surface area contributed by atoms with Gasteiger partial charge in [-0.2, -0.15) is 0 Å².